The fourth-order valence-electron chi connectivity index (χ4n) is 2.83. The quantitative estimate of drug-likeness (QED) is 0.565. The molecule has 0 saturated heterocycles. The summed E-state index contributed by atoms with van der Waals surface area (Å²) in [5, 5.41) is 0. The van der Waals surface area contributed by atoms with E-state index in [-0.39, 0.29) is 6.10 Å². The number of carbonyl (C=O) groups excluding carboxylic acids is 1. The van der Waals surface area contributed by atoms with Crippen molar-refractivity contribution in [2.75, 3.05) is 0 Å². The van der Waals surface area contributed by atoms with E-state index in [1.54, 1.807) is 0 Å². The Balaban J connectivity index is 2.05. The highest BCUT2D eigenvalue weighted by Gasteiger charge is 2.46. The maximum Gasteiger partial charge on any atom is 0.293 e. The molecule has 0 aromatic rings. The molecule has 0 radical (unpaired) electrons. The van der Waals surface area contributed by atoms with E-state index in [1.807, 2.05) is 0 Å². The molecule has 0 amide bonds. The third kappa shape index (κ3) is 0.959. The average molecular weight is 154 g/mol. The molecule has 2 nitrogen and oxygen atoms in total. The van der Waals surface area contributed by atoms with Crippen LogP contribution in [0.2, 0.25) is 0 Å². The van der Waals surface area contributed by atoms with Crippen molar-refractivity contribution in [3.05, 3.63) is 0 Å². The molecule has 0 aromatic carbocycles. The zero-order chi connectivity index (χ0) is 7.84. The molecular weight excluding hydrogens is 140 g/mol. The lowest BCUT2D eigenvalue weighted by Crippen LogP contribution is -2.27. The summed E-state index contributed by atoms with van der Waals surface area (Å²) in [6, 6.07) is 0. The Morgan fingerprint density at radius 2 is 2.09 bits per heavy atom. The van der Waals surface area contributed by atoms with E-state index in [9.17, 15) is 4.79 Å². The monoisotopic (exact) mass is 154 g/mol. The van der Waals surface area contributed by atoms with Crippen LogP contribution in [0.5, 0.6) is 0 Å². The van der Waals surface area contributed by atoms with E-state index >= 15 is 0 Å². The predicted octanol–water partition coefficient (Wildman–Crippen LogP) is 1.59. The van der Waals surface area contributed by atoms with Crippen molar-refractivity contribution in [1.29, 1.82) is 0 Å². The molecule has 0 aliphatic heterocycles. The number of fused-ring (bicyclic) bond motifs is 2. The van der Waals surface area contributed by atoms with Crippen LogP contribution in [-0.4, -0.2) is 12.6 Å². The topological polar surface area (TPSA) is 26.3 Å². The highest BCUT2D eigenvalue weighted by molar-refractivity contribution is 5.38. The largest absolute Gasteiger partial charge is 0.464 e. The van der Waals surface area contributed by atoms with Gasteiger partial charge in [-0.1, -0.05) is 6.92 Å². The second-order valence-electron chi connectivity index (χ2n) is 3.89. The third-order valence-electron chi connectivity index (χ3n) is 3.45. The number of rotatable bonds is 2. The fraction of sp³-hybridized carbons (Fsp3) is 0.889. The zero-order valence-electron chi connectivity index (χ0n) is 6.82. The minimum Gasteiger partial charge on any atom is -0.464 e. The van der Waals surface area contributed by atoms with Crippen LogP contribution in [0.1, 0.15) is 26.2 Å². The van der Waals surface area contributed by atoms with Gasteiger partial charge >= 0.3 is 0 Å². The van der Waals surface area contributed by atoms with Gasteiger partial charge in [0.25, 0.3) is 6.47 Å². The van der Waals surface area contributed by atoms with Gasteiger partial charge in [-0.05, 0) is 37.0 Å². The van der Waals surface area contributed by atoms with E-state index in [2.05, 4.69) is 6.92 Å². The highest BCUT2D eigenvalue weighted by Crippen LogP contribution is 2.49. The van der Waals surface area contributed by atoms with E-state index < -0.39 is 0 Å². The van der Waals surface area contributed by atoms with Gasteiger partial charge in [-0.3, -0.25) is 4.79 Å². The molecule has 2 rings (SSSR count). The van der Waals surface area contributed by atoms with Gasteiger partial charge in [-0.15, -0.1) is 0 Å². The lowest BCUT2D eigenvalue weighted by atomic mass is 9.88. The standard InChI is InChI=1S/C9H14O2/c1-6-7-2-3-8(4-7)9(6)11-5-10/h5-9H,2-4H2,1H3/t6-,7?,8?,9?/m1/s1. The van der Waals surface area contributed by atoms with Crippen molar-refractivity contribution in [2.45, 2.75) is 32.3 Å². The summed E-state index contributed by atoms with van der Waals surface area (Å²) in [5.74, 6) is 2.13. The van der Waals surface area contributed by atoms with Crippen LogP contribution in [0.4, 0.5) is 0 Å². The summed E-state index contributed by atoms with van der Waals surface area (Å²) < 4.78 is 5.07. The van der Waals surface area contributed by atoms with Gasteiger partial charge < -0.3 is 4.74 Å². The van der Waals surface area contributed by atoms with Gasteiger partial charge in [-0.25, -0.2) is 0 Å². The van der Waals surface area contributed by atoms with Gasteiger partial charge in [0.1, 0.15) is 6.10 Å². The van der Waals surface area contributed by atoms with Crippen LogP contribution >= 0.6 is 0 Å². The van der Waals surface area contributed by atoms with Gasteiger partial charge in [0.2, 0.25) is 0 Å². The summed E-state index contributed by atoms with van der Waals surface area (Å²) in [7, 11) is 0. The van der Waals surface area contributed by atoms with E-state index in [4.69, 9.17) is 4.74 Å². The molecule has 3 unspecified atom stereocenters. The number of ether oxygens (including phenoxy) is 1. The summed E-state index contributed by atoms with van der Waals surface area (Å²) in [6.45, 7) is 2.82. The number of carbonyl (C=O) groups is 1. The predicted molar refractivity (Wildman–Crippen MR) is 40.9 cm³/mol. The molecule has 0 heterocycles. The molecule has 2 heteroatoms. The fourth-order valence-corrected chi connectivity index (χ4v) is 2.83. The normalized spacial score (nSPS) is 47.7. The molecule has 11 heavy (non-hydrogen) atoms. The first-order valence-electron chi connectivity index (χ1n) is 4.42. The molecule has 2 aliphatic rings. The number of hydrogen-bond acceptors (Lipinski definition) is 2. The van der Waals surface area contributed by atoms with Crippen molar-refractivity contribution < 1.29 is 9.53 Å². The lowest BCUT2D eigenvalue weighted by molar-refractivity contribution is -0.138. The van der Waals surface area contributed by atoms with Crippen LogP contribution < -0.4 is 0 Å². The lowest BCUT2D eigenvalue weighted by Gasteiger charge is -2.26. The van der Waals surface area contributed by atoms with Crippen LogP contribution in [0.15, 0.2) is 0 Å². The molecule has 0 N–H and O–H groups in total. The first-order chi connectivity index (χ1) is 5.33. The van der Waals surface area contributed by atoms with Crippen LogP contribution in [0.3, 0.4) is 0 Å². The molecule has 2 saturated carbocycles. The second-order valence-corrected chi connectivity index (χ2v) is 3.89. The zero-order valence-corrected chi connectivity index (χ0v) is 6.82. The minimum absolute atomic E-state index is 0.242. The van der Waals surface area contributed by atoms with Crippen LogP contribution in [0, 0.1) is 17.8 Å². The maximum absolute atomic E-state index is 10.2. The Labute approximate surface area is 66.9 Å². The van der Waals surface area contributed by atoms with Crippen molar-refractivity contribution >= 4 is 6.47 Å². The van der Waals surface area contributed by atoms with Crippen LogP contribution in [0.25, 0.3) is 0 Å². The number of hydrogen-bond donors (Lipinski definition) is 0. The SMILES string of the molecule is C[C@@H]1C2CCC(C2)C1OC=O. The van der Waals surface area contributed by atoms with Gasteiger partial charge in [0.05, 0.1) is 0 Å². The molecule has 62 valence electrons. The average Bonchev–Trinajstić information content (AvgIpc) is 2.54. The molecule has 4 atom stereocenters. The maximum atomic E-state index is 10.2. The Kier molecular flexibility index (Phi) is 1.63. The molecule has 2 bridgehead atoms. The molecule has 0 aromatic heterocycles. The smallest absolute Gasteiger partial charge is 0.293 e. The van der Waals surface area contributed by atoms with Crippen molar-refractivity contribution in [3.8, 4) is 0 Å². The summed E-state index contributed by atoms with van der Waals surface area (Å²) in [6.07, 6.45) is 4.16. The van der Waals surface area contributed by atoms with Gasteiger partial charge in [0.15, 0.2) is 0 Å². The van der Waals surface area contributed by atoms with E-state index in [0.717, 1.165) is 5.92 Å². The molecule has 2 aliphatic carbocycles. The molecule has 0 spiro atoms. The van der Waals surface area contributed by atoms with Crippen molar-refractivity contribution in [1.82, 2.24) is 0 Å². The third-order valence-corrected chi connectivity index (χ3v) is 3.45. The van der Waals surface area contributed by atoms with Gasteiger partial charge in [0, 0.05) is 0 Å². The Morgan fingerprint density at radius 3 is 2.64 bits per heavy atom. The van der Waals surface area contributed by atoms with E-state index in [0.29, 0.717) is 18.3 Å². The van der Waals surface area contributed by atoms with Crippen molar-refractivity contribution in [3.63, 3.8) is 0 Å². The van der Waals surface area contributed by atoms with Crippen LogP contribution in [-0.2, 0) is 9.53 Å². The Hall–Kier alpha value is -0.530. The van der Waals surface area contributed by atoms with Crippen molar-refractivity contribution in [2.24, 2.45) is 17.8 Å². The minimum atomic E-state index is 0.242. The summed E-state index contributed by atoms with van der Waals surface area (Å²) in [4.78, 5) is 10.2. The Bertz CT molecular complexity index is 165. The first-order valence-corrected chi connectivity index (χ1v) is 4.42. The first kappa shape index (κ1) is 7.14. The molecule has 2 fully saturated rings. The van der Waals surface area contributed by atoms with E-state index in [1.165, 1.54) is 19.3 Å². The van der Waals surface area contributed by atoms with Gasteiger partial charge in [-0.2, -0.15) is 0 Å². The highest BCUT2D eigenvalue weighted by atomic mass is 16.5. The molecular formula is C9H14O2. The second kappa shape index (κ2) is 2.50. The summed E-state index contributed by atoms with van der Waals surface area (Å²) >= 11 is 0. The Morgan fingerprint density at radius 1 is 1.36 bits per heavy atom. The summed E-state index contributed by atoms with van der Waals surface area (Å²) in [5.41, 5.74) is 0.